The Morgan fingerprint density at radius 2 is 2.11 bits per heavy atom. The van der Waals surface area contributed by atoms with E-state index in [2.05, 4.69) is 0 Å². The zero-order chi connectivity index (χ0) is 14.0. The van der Waals surface area contributed by atoms with Crippen molar-refractivity contribution in [1.82, 2.24) is 0 Å². The molecule has 1 saturated heterocycles. The number of carbonyl (C=O) groups is 1. The second kappa shape index (κ2) is 5.22. The van der Waals surface area contributed by atoms with Gasteiger partial charge >= 0.3 is 5.97 Å². The Morgan fingerprint density at radius 1 is 1.47 bits per heavy atom. The highest BCUT2D eigenvalue weighted by atomic mass is 19.1. The monoisotopic (exact) mass is 266 g/mol. The highest BCUT2D eigenvalue weighted by molar-refractivity contribution is 5.67. The SMILES string of the molecule is N#Cc1cc(F)c(N2CCC(CC(=O)O)C2)c(F)c1. The highest BCUT2D eigenvalue weighted by Crippen LogP contribution is 2.30. The van der Waals surface area contributed by atoms with Crippen LogP contribution < -0.4 is 4.90 Å². The van der Waals surface area contributed by atoms with Gasteiger partial charge in [-0.25, -0.2) is 8.78 Å². The Morgan fingerprint density at radius 3 is 2.63 bits per heavy atom. The first kappa shape index (κ1) is 13.3. The zero-order valence-electron chi connectivity index (χ0n) is 10.1. The number of hydrogen-bond acceptors (Lipinski definition) is 3. The van der Waals surface area contributed by atoms with E-state index >= 15 is 0 Å². The number of benzene rings is 1. The Balaban J connectivity index is 2.20. The predicted molar refractivity (Wildman–Crippen MR) is 63.6 cm³/mol. The van der Waals surface area contributed by atoms with Crippen molar-refractivity contribution in [3.63, 3.8) is 0 Å². The molecule has 100 valence electrons. The van der Waals surface area contributed by atoms with Gasteiger partial charge in [0.25, 0.3) is 0 Å². The normalized spacial score (nSPS) is 18.4. The van der Waals surface area contributed by atoms with Gasteiger partial charge in [0.1, 0.15) is 5.69 Å². The number of nitrogens with zero attached hydrogens (tertiary/aromatic N) is 2. The van der Waals surface area contributed by atoms with Crippen LogP contribution in [0.25, 0.3) is 0 Å². The van der Waals surface area contributed by atoms with E-state index in [1.807, 2.05) is 0 Å². The molecule has 0 bridgehead atoms. The number of nitriles is 1. The molecule has 0 aliphatic carbocycles. The van der Waals surface area contributed by atoms with Crippen molar-refractivity contribution >= 4 is 11.7 Å². The average Bonchev–Trinajstić information content (AvgIpc) is 2.75. The molecule has 0 aromatic heterocycles. The fourth-order valence-corrected chi connectivity index (χ4v) is 2.38. The van der Waals surface area contributed by atoms with Crippen LogP contribution in [0.2, 0.25) is 0 Å². The fourth-order valence-electron chi connectivity index (χ4n) is 2.38. The Bertz CT molecular complexity index is 531. The minimum Gasteiger partial charge on any atom is -0.481 e. The highest BCUT2D eigenvalue weighted by Gasteiger charge is 2.28. The molecule has 1 aliphatic rings. The van der Waals surface area contributed by atoms with Crippen LogP contribution in [0.15, 0.2) is 12.1 Å². The van der Waals surface area contributed by atoms with Gasteiger partial charge in [0, 0.05) is 19.5 Å². The standard InChI is InChI=1S/C13H12F2N2O2/c14-10-3-9(6-16)4-11(15)13(10)17-2-1-8(7-17)5-12(18)19/h3-4,8H,1-2,5,7H2,(H,18,19). The quantitative estimate of drug-likeness (QED) is 0.910. The third-order valence-corrected chi connectivity index (χ3v) is 3.21. The van der Waals surface area contributed by atoms with E-state index in [1.165, 1.54) is 4.90 Å². The van der Waals surface area contributed by atoms with Crippen molar-refractivity contribution < 1.29 is 18.7 Å². The van der Waals surface area contributed by atoms with E-state index in [-0.39, 0.29) is 23.6 Å². The van der Waals surface area contributed by atoms with E-state index in [4.69, 9.17) is 10.4 Å². The minimum absolute atomic E-state index is 0.00395. The number of halogens is 2. The van der Waals surface area contributed by atoms with Crippen molar-refractivity contribution in [2.75, 3.05) is 18.0 Å². The molecule has 4 nitrogen and oxygen atoms in total. The van der Waals surface area contributed by atoms with Gasteiger partial charge in [-0.1, -0.05) is 0 Å². The third-order valence-electron chi connectivity index (χ3n) is 3.21. The topological polar surface area (TPSA) is 64.3 Å². The molecule has 1 heterocycles. The van der Waals surface area contributed by atoms with Crippen molar-refractivity contribution in [3.05, 3.63) is 29.3 Å². The molecule has 1 atom stereocenters. The number of carboxylic acid groups (broad SMARTS) is 1. The van der Waals surface area contributed by atoms with Crippen LogP contribution in [0.1, 0.15) is 18.4 Å². The van der Waals surface area contributed by atoms with Gasteiger partial charge in [-0.2, -0.15) is 5.26 Å². The van der Waals surface area contributed by atoms with E-state index in [0.717, 1.165) is 12.1 Å². The summed E-state index contributed by atoms with van der Waals surface area (Å²) in [7, 11) is 0. The minimum atomic E-state index is -0.910. The van der Waals surface area contributed by atoms with Crippen LogP contribution in [0.5, 0.6) is 0 Å². The summed E-state index contributed by atoms with van der Waals surface area (Å²) < 4.78 is 27.6. The molecule has 1 aromatic rings. The van der Waals surface area contributed by atoms with E-state index in [9.17, 15) is 13.6 Å². The van der Waals surface area contributed by atoms with Crippen LogP contribution in [-0.2, 0) is 4.79 Å². The Labute approximate surface area is 108 Å². The van der Waals surface area contributed by atoms with E-state index in [1.54, 1.807) is 6.07 Å². The van der Waals surface area contributed by atoms with Crippen molar-refractivity contribution in [2.45, 2.75) is 12.8 Å². The first-order valence-electron chi connectivity index (χ1n) is 5.87. The summed E-state index contributed by atoms with van der Waals surface area (Å²) in [5.41, 5.74) is -0.244. The second-order valence-corrected chi connectivity index (χ2v) is 4.60. The van der Waals surface area contributed by atoms with Crippen LogP contribution in [0.3, 0.4) is 0 Å². The number of carboxylic acids is 1. The van der Waals surface area contributed by atoms with E-state index in [0.29, 0.717) is 19.5 Å². The van der Waals surface area contributed by atoms with Gasteiger partial charge in [-0.05, 0) is 24.5 Å². The van der Waals surface area contributed by atoms with Gasteiger partial charge in [0.2, 0.25) is 0 Å². The van der Waals surface area contributed by atoms with Gasteiger partial charge in [0.05, 0.1) is 11.6 Å². The predicted octanol–water partition coefficient (Wildman–Crippen LogP) is 2.14. The van der Waals surface area contributed by atoms with Crippen LogP contribution >= 0.6 is 0 Å². The smallest absolute Gasteiger partial charge is 0.303 e. The summed E-state index contributed by atoms with van der Waals surface area (Å²) in [6, 6.07) is 3.66. The van der Waals surface area contributed by atoms with Crippen molar-refractivity contribution in [3.8, 4) is 6.07 Å². The molecular formula is C13H12F2N2O2. The molecule has 19 heavy (non-hydrogen) atoms. The lowest BCUT2D eigenvalue weighted by atomic mass is 10.1. The first-order chi connectivity index (χ1) is 9.01. The van der Waals surface area contributed by atoms with Crippen molar-refractivity contribution in [1.29, 1.82) is 5.26 Å². The van der Waals surface area contributed by atoms with Gasteiger partial charge in [-0.15, -0.1) is 0 Å². The van der Waals surface area contributed by atoms with Crippen LogP contribution in [0.4, 0.5) is 14.5 Å². The zero-order valence-corrected chi connectivity index (χ0v) is 10.1. The first-order valence-corrected chi connectivity index (χ1v) is 5.87. The third kappa shape index (κ3) is 2.81. The summed E-state index contributed by atoms with van der Waals surface area (Å²) in [4.78, 5) is 12.1. The molecule has 1 N–H and O–H groups in total. The molecule has 2 rings (SSSR count). The van der Waals surface area contributed by atoms with Crippen LogP contribution in [0, 0.1) is 28.9 Å². The van der Waals surface area contributed by atoms with Crippen LogP contribution in [-0.4, -0.2) is 24.2 Å². The summed E-state index contributed by atoms with van der Waals surface area (Å²) >= 11 is 0. The number of hydrogen-bond donors (Lipinski definition) is 1. The summed E-state index contributed by atoms with van der Waals surface area (Å²) in [5.74, 6) is -2.58. The number of rotatable bonds is 3. The fraction of sp³-hybridized carbons (Fsp3) is 0.385. The summed E-state index contributed by atoms with van der Waals surface area (Å²) in [6.07, 6.45) is 0.585. The second-order valence-electron chi connectivity index (χ2n) is 4.60. The lowest BCUT2D eigenvalue weighted by Crippen LogP contribution is -2.23. The molecule has 0 saturated carbocycles. The molecule has 6 heteroatoms. The molecule has 1 unspecified atom stereocenters. The maximum Gasteiger partial charge on any atom is 0.303 e. The molecule has 0 amide bonds. The molecular weight excluding hydrogens is 254 g/mol. The molecule has 1 aromatic carbocycles. The lowest BCUT2D eigenvalue weighted by molar-refractivity contribution is -0.137. The molecule has 1 aliphatic heterocycles. The maximum atomic E-state index is 13.8. The Kier molecular flexibility index (Phi) is 3.65. The summed E-state index contributed by atoms with van der Waals surface area (Å²) in [5, 5.41) is 17.3. The largest absolute Gasteiger partial charge is 0.481 e. The summed E-state index contributed by atoms with van der Waals surface area (Å²) in [6.45, 7) is 0.726. The van der Waals surface area contributed by atoms with Gasteiger partial charge in [-0.3, -0.25) is 4.79 Å². The lowest BCUT2D eigenvalue weighted by Gasteiger charge is -2.20. The Hall–Kier alpha value is -2.16. The molecule has 0 spiro atoms. The van der Waals surface area contributed by atoms with E-state index < -0.39 is 17.6 Å². The molecule has 0 radical (unpaired) electrons. The number of anilines is 1. The molecule has 1 fully saturated rings. The van der Waals surface area contributed by atoms with Crippen molar-refractivity contribution in [2.24, 2.45) is 5.92 Å². The number of aliphatic carboxylic acids is 1. The maximum absolute atomic E-state index is 13.8. The average molecular weight is 266 g/mol. The van der Waals surface area contributed by atoms with Gasteiger partial charge in [0.15, 0.2) is 11.6 Å². The van der Waals surface area contributed by atoms with Gasteiger partial charge < -0.3 is 10.0 Å².